The van der Waals surface area contributed by atoms with Gasteiger partial charge in [0.2, 0.25) is 17.7 Å². The first-order chi connectivity index (χ1) is 16.7. The number of nitrogens with zero attached hydrogens (tertiary/aromatic N) is 3. The highest BCUT2D eigenvalue weighted by Crippen LogP contribution is 2.25. The molecule has 2 fully saturated rings. The molecule has 1 N–H and O–H groups in total. The Morgan fingerprint density at radius 2 is 1.69 bits per heavy atom. The molecule has 2 rings (SSSR count). The fourth-order valence-corrected chi connectivity index (χ4v) is 5.13. The fraction of sp³-hybridized carbons (Fsp3) is 0.750. The van der Waals surface area contributed by atoms with Crippen molar-refractivity contribution in [3.8, 4) is 0 Å². The van der Waals surface area contributed by atoms with Gasteiger partial charge in [-0.1, -0.05) is 39.8 Å². The van der Waals surface area contributed by atoms with Crippen molar-refractivity contribution in [1.82, 2.24) is 20.0 Å². The zero-order chi connectivity index (χ0) is 26.0. The monoisotopic (exact) mass is 488 g/mol. The number of amides is 3. The third kappa shape index (κ3) is 8.78. The molecule has 2 atom stereocenters. The second kappa shape index (κ2) is 14.4. The van der Waals surface area contributed by atoms with Crippen LogP contribution in [0.25, 0.3) is 0 Å². The molecule has 0 aromatic carbocycles. The number of nitrogens with one attached hydrogen (secondary N) is 1. The SMILES string of the molecule is C=CCN(CC=C)C(=O)CC1CCN(C(=O)[C@H](CC(C)C)N2CCN[C@@H](CCC(C)C)C2=O)CC1. The molecule has 7 nitrogen and oxygen atoms in total. The van der Waals surface area contributed by atoms with Crippen LogP contribution in [0.2, 0.25) is 0 Å². The van der Waals surface area contributed by atoms with Gasteiger partial charge in [0.1, 0.15) is 6.04 Å². The fourth-order valence-electron chi connectivity index (χ4n) is 5.13. The van der Waals surface area contributed by atoms with Crippen LogP contribution in [0.5, 0.6) is 0 Å². The van der Waals surface area contributed by atoms with Crippen LogP contribution < -0.4 is 5.32 Å². The topological polar surface area (TPSA) is 73.0 Å². The molecule has 35 heavy (non-hydrogen) atoms. The second-order valence-corrected chi connectivity index (χ2v) is 11.0. The summed E-state index contributed by atoms with van der Waals surface area (Å²) >= 11 is 0. The van der Waals surface area contributed by atoms with Crippen LogP contribution in [-0.2, 0) is 14.4 Å². The van der Waals surface area contributed by atoms with E-state index in [1.807, 2.05) is 9.80 Å². The summed E-state index contributed by atoms with van der Waals surface area (Å²) in [5.41, 5.74) is 0. The molecule has 0 radical (unpaired) electrons. The number of likely N-dealkylation sites (tertiary alicyclic amines) is 1. The Balaban J connectivity index is 2.00. The highest BCUT2D eigenvalue weighted by atomic mass is 16.2. The first-order valence-corrected chi connectivity index (χ1v) is 13.5. The Labute approximate surface area is 213 Å². The smallest absolute Gasteiger partial charge is 0.245 e. The zero-order valence-electron chi connectivity index (χ0n) is 22.5. The first kappa shape index (κ1) is 29.1. The van der Waals surface area contributed by atoms with Crippen LogP contribution in [0.1, 0.15) is 66.2 Å². The quantitative estimate of drug-likeness (QED) is 0.403. The number of piperazine rings is 1. The van der Waals surface area contributed by atoms with E-state index in [0.29, 0.717) is 57.4 Å². The lowest BCUT2D eigenvalue weighted by Gasteiger charge is -2.42. The van der Waals surface area contributed by atoms with Crippen molar-refractivity contribution in [3.05, 3.63) is 25.3 Å². The highest BCUT2D eigenvalue weighted by molar-refractivity contribution is 5.90. The molecule has 0 unspecified atom stereocenters. The molecular weight excluding hydrogens is 440 g/mol. The minimum atomic E-state index is -0.403. The summed E-state index contributed by atoms with van der Waals surface area (Å²) in [6.07, 6.45) is 8.07. The van der Waals surface area contributed by atoms with Gasteiger partial charge in [0.25, 0.3) is 0 Å². The molecule has 0 bridgehead atoms. The minimum Gasteiger partial charge on any atom is -0.341 e. The van der Waals surface area contributed by atoms with E-state index in [1.165, 1.54) is 0 Å². The van der Waals surface area contributed by atoms with Crippen molar-refractivity contribution in [3.63, 3.8) is 0 Å². The summed E-state index contributed by atoms with van der Waals surface area (Å²) < 4.78 is 0. The van der Waals surface area contributed by atoms with Crippen molar-refractivity contribution in [2.45, 2.75) is 78.3 Å². The van der Waals surface area contributed by atoms with Crippen LogP contribution >= 0.6 is 0 Å². The van der Waals surface area contributed by atoms with Gasteiger partial charge in [-0.3, -0.25) is 14.4 Å². The average molecular weight is 489 g/mol. The number of hydrogen-bond donors (Lipinski definition) is 1. The van der Waals surface area contributed by atoms with Gasteiger partial charge in [0, 0.05) is 45.7 Å². The standard InChI is InChI=1S/C28H48N4O3/c1-7-14-30(15-8-2)26(33)20-23-11-16-31(17-12-23)28(35)25(19-22(5)6)32-18-13-29-24(27(32)34)10-9-21(3)4/h7-8,21-25,29H,1-2,9-20H2,3-6H3/t24-,25-/m0/s1. The summed E-state index contributed by atoms with van der Waals surface area (Å²) in [5.74, 6) is 1.39. The summed E-state index contributed by atoms with van der Waals surface area (Å²) in [7, 11) is 0. The van der Waals surface area contributed by atoms with Gasteiger partial charge in [-0.25, -0.2) is 0 Å². The maximum Gasteiger partial charge on any atom is 0.245 e. The zero-order valence-corrected chi connectivity index (χ0v) is 22.5. The molecule has 0 aromatic heterocycles. The van der Waals surface area contributed by atoms with Crippen molar-refractivity contribution >= 4 is 17.7 Å². The van der Waals surface area contributed by atoms with Crippen molar-refractivity contribution in [1.29, 1.82) is 0 Å². The van der Waals surface area contributed by atoms with Crippen LogP contribution in [-0.4, -0.2) is 83.8 Å². The lowest BCUT2D eigenvalue weighted by molar-refractivity contribution is -0.150. The molecule has 0 spiro atoms. The van der Waals surface area contributed by atoms with Crippen molar-refractivity contribution < 1.29 is 14.4 Å². The third-order valence-electron chi connectivity index (χ3n) is 7.15. The Kier molecular flexibility index (Phi) is 12.0. The molecule has 7 heteroatoms. The van der Waals surface area contributed by atoms with Gasteiger partial charge in [0.15, 0.2) is 0 Å². The number of piperidine rings is 1. The summed E-state index contributed by atoms with van der Waals surface area (Å²) in [6.45, 7) is 19.7. The van der Waals surface area contributed by atoms with Gasteiger partial charge in [-0.2, -0.15) is 0 Å². The Bertz CT molecular complexity index is 718. The maximum absolute atomic E-state index is 13.7. The van der Waals surface area contributed by atoms with E-state index >= 15 is 0 Å². The number of hydrogen-bond acceptors (Lipinski definition) is 4. The van der Waals surface area contributed by atoms with Crippen LogP contribution in [0.3, 0.4) is 0 Å². The molecule has 2 saturated heterocycles. The van der Waals surface area contributed by atoms with Crippen LogP contribution in [0.4, 0.5) is 0 Å². The van der Waals surface area contributed by atoms with Gasteiger partial charge >= 0.3 is 0 Å². The highest BCUT2D eigenvalue weighted by Gasteiger charge is 2.39. The van der Waals surface area contributed by atoms with E-state index < -0.39 is 6.04 Å². The van der Waals surface area contributed by atoms with Gasteiger partial charge in [-0.05, 0) is 49.9 Å². The van der Waals surface area contributed by atoms with Crippen LogP contribution in [0, 0.1) is 17.8 Å². The molecule has 198 valence electrons. The molecule has 0 saturated carbocycles. The summed E-state index contributed by atoms with van der Waals surface area (Å²) in [4.78, 5) is 45.2. The van der Waals surface area contributed by atoms with Crippen molar-refractivity contribution in [2.75, 3.05) is 39.3 Å². The van der Waals surface area contributed by atoms with E-state index in [-0.39, 0.29) is 29.7 Å². The average Bonchev–Trinajstić information content (AvgIpc) is 2.82. The van der Waals surface area contributed by atoms with Gasteiger partial charge in [0.05, 0.1) is 6.04 Å². The van der Waals surface area contributed by atoms with E-state index in [1.54, 1.807) is 17.1 Å². The van der Waals surface area contributed by atoms with E-state index in [4.69, 9.17) is 0 Å². The summed E-state index contributed by atoms with van der Waals surface area (Å²) in [5, 5.41) is 3.37. The molecule has 2 aliphatic heterocycles. The maximum atomic E-state index is 13.7. The summed E-state index contributed by atoms with van der Waals surface area (Å²) in [6, 6.07) is -0.598. The molecule has 2 aliphatic rings. The van der Waals surface area contributed by atoms with E-state index in [0.717, 1.165) is 32.2 Å². The second-order valence-electron chi connectivity index (χ2n) is 11.0. The predicted octanol–water partition coefficient (Wildman–Crippen LogP) is 3.47. The molecule has 0 aromatic rings. The first-order valence-electron chi connectivity index (χ1n) is 13.5. The Morgan fingerprint density at radius 3 is 2.23 bits per heavy atom. The van der Waals surface area contributed by atoms with Gasteiger partial charge in [-0.15, -0.1) is 13.2 Å². The predicted molar refractivity (Wildman–Crippen MR) is 142 cm³/mol. The van der Waals surface area contributed by atoms with Crippen LogP contribution in [0.15, 0.2) is 25.3 Å². The van der Waals surface area contributed by atoms with E-state index in [2.05, 4.69) is 46.2 Å². The molecular formula is C28H48N4O3. The van der Waals surface area contributed by atoms with Gasteiger partial charge < -0.3 is 20.0 Å². The molecule has 0 aliphatic carbocycles. The minimum absolute atomic E-state index is 0.0703. The number of carbonyl (C=O) groups is 3. The molecule has 3 amide bonds. The Morgan fingerprint density at radius 1 is 1.06 bits per heavy atom. The van der Waals surface area contributed by atoms with Crippen molar-refractivity contribution in [2.24, 2.45) is 17.8 Å². The lowest BCUT2D eigenvalue weighted by Crippen LogP contribution is -2.62. The third-order valence-corrected chi connectivity index (χ3v) is 7.15. The number of rotatable bonds is 13. The molecule has 2 heterocycles. The lowest BCUT2D eigenvalue weighted by atomic mass is 9.91. The largest absolute Gasteiger partial charge is 0.341 e. The van der Waals surface area contributed by atoms with E-state index in [9.17, 15) is 14.4 Å². The normalized spacial score (nSPS) is 20.3. The Hall–Kier alpha value is -2.15. The number of carbonyl (C=O) groups excluding carboxylic acids is 3.